The third-order valence-electron chi connectivity index (χ3n) is 2.74. The summed E-state index contributed by atoms with van der Waals surface area (Å²) in [5.41, 5.74) is 1.49. The topological polar surface area (TPSA) is 42.4 Å². The maximum atomic E-state index is 13.5. The molecule has 1 heterocycles. The maximum absolute atomic E-state index is 13.5. The molecule has 0 spiro atoms. The molecule has 2 rings (SSSR count). The fourth-order valence-electron chi connectivity index (χ4n) is 1.75. The second kappa shape index (κ2) is 5.60. The lowest BCUT2D eigenvalue weighted by molar-refractivity contribution is 0.178. The van der Waals surface area contributed by atoms with Crippen LogP contribution in [0.5, 0.6) is 5.75 Å². The van der Waals surface area contributed by atoms with E-state index in [1.54, 1.807) is 18.5 Å². The van der Waals surface area contributed by atoms with Gasteiger partial charge in [-0.05, 0) is 35.4 Å². The Morgan fingerprint density at radius 1 is 1.28 bits per heavy atom. The van der Waals surface area contributed by atoms with Crippen molar-refractivity contribution in [2.24, 2.45) is 0 Å². The monoisotopic (exact) mass is 247 g/mol. The molecule has 4 heteroatoms. The molecule has 94 valence electrons. The molecule has 0 aliphatic carbocycles. The Labute approximate surface area is 105 Å². The first-order chi connectivity index (χ1) is 8.70. The number of hydrogen-bond donors (Lipinski definition) is 1. The standard InChI is InChI=1S/C14H14FNO2/c1-18-14-3-2-11(9-12(14)15)13(17)8-10-4-6-16-7-5-10/h2-7,9,13,17H,8H2,1H3. The van der Waals surface area contributed by atoms with E-state index in [4.69, 9.17) is 4.74 Å². The highest BCUT2D eigenvalue weighted by molar-refractivity contribution is 5.31. The summed E-state index contributed by atoms with van der Waals surface area (Å²) in [6, 6.07) is 8.12. The number of halogens is 1. The first-order valence-electron chi connectivity index (χ1n) is 5.61. The summed E-state index contributed by atoms with van der Waals surface area (Å²) in [5, 5.41) is 10.0. The quantitative estimate of drug-likeness (QED) is 0.902. The Morgan fingerprint density at radius 3 is 2.61 bits per heavy atom. The third kappa shape index (κ3) is 2.84. The van der Waals surface area contributed by atoms with Crippen molar-refractivity contribution in [3.63, 3.8) is 0 Å². The normalized spacial score (nSPS) is 12.2. The van der Waals surface area contributed by atoms with Crippen LogP contribution in [0.4, 0.5) is 4.39 Å². The van der Waals surface area contributed by atoms with Crippen molar-refractivity contribution in [1.29, 1.82) is 0 Å². The molecule has 1 aromatic heterocycles. The van der Waals surface area contributed by atoms with Crippen molar-refractivity contribution < 1.29 is 14.2 Å². The van der Waals surface area contributed by atoms with Crippen LogP contribution in [0.15, 0.2) is 42.7 Å². The molecule has 1 N–H and O–H groups in total. The third-order valence-corrected chi connectivity index (χ3v) is 2.74. The van der Waals surface area contributed by atoms with Gasteiger partial charge >= 0.3 is 0 Å². The molecule has 0 radical (unpaired) electrons. The van der Waals surface area contributed by atoms with Gasteiger partial charge in [0.1, 0.15) is 0 Å². The Morgan fingerprint density at radius 2 is 2.00 bits per heavy atom. The van der Waals surface area contributed by atoms with E-state index in [9.17, 15) is 9.50 Å². The summed E-state index contributed by atoms with van der Waals surface area (Å²) in [4.78, 5) is 3.90. The van der Waals surface area contributed by atoms with Crippen LogP contribution in [0.2, 0.25) is 0 Å². The number of aliphatic hydroxyl groups excluding tert-OH is 1. The number of aliphatic hydroxyl groups is 1. The van der Waals surface area contributed by atoms with E-state index in [-0.39, 0.29) is 5.75 Å². The SMILES string of the molecule is COc1ccc(C(O)Cc2ccncc2)cc1F. The summed E-state index contributed by atoms with van der Waals surface area (Å²) in [7, 11) is 1.41. The molecule has 0 aliphatic heterocycles. The van der Waals surface area contributed by atoms with Crippen LogP contribution in [0.1, 0.15) is 17.2 Å². The summed E-state index contributed by atoms with van der Waals surface area (Å²) >= 11 is 0. The van der Waals surface area contributed by atoms with E-state index in [0.717, 1.165) is 5.56 Å². The number of nitrogens with zero attached hydrogens (tertiary/aromatic N) is 1. The minimum atomic E-state index is -0.743. The van der Waals surface area contributed by atoms with Gasteiger partial charge in [0, 0.05) is 18.8 Å². The average molecular weight is 247 g/mol. The van der Waals surface area contributed by atoms with E-state index >= 15 is 0 Å². The number of aromatic nitrogens is 1. The predicted octanol–water partition coefficient (Wildman–Crippen LogP) is 2.51. The van der Waals surface area contributed by atoms with Crippen molar-refractivity contribution in [3.8, 4) is 5.75 Å². The first-order valence-corrected chi connectivity index (χ1v) is 5.61. The molecule has 1 atom stereocenters. The maximum Gasteiger partial charge on any atom is 0.165 e. The molecule has 0 aliphatic rings. The van der Waals surface area contributed by atoms with Gasteiger partial charge in [0.15, 0.2) is 11.6 Å². The van der Waals surface area contributed by atoms with Crippen LogP contribution in [-0.4, -0.2) is 17.2 Å². The molecule has 0 bridgehead atoms. The van der Waals surface area contributed by atoms with Gasteiger partial charge in [-0.3, -0.25) is 4.98 Å². The summed E-state index contributed by atoms with van der Waals surface area (Å²) < 4.78 is 18.3. The van der Waals surface area contributed by atoms with Crippen LogP contribution in [0.25, 0.3) is 0 Å². The van der Waals surface area contributed by atoms with E-state index in [2.05, 4.69) is 4.98 Å². The number of methoxy groups -OCH3 is 1. The Bertz CT molecular complexity index is 516. The van der Waals surface area contributed by atoms with Gasteiger partial charge < -0.3 is 9.84 Å². The zero-order valence-corrected chi connectivity index (χ0v) is 10.0. The fourth-order valence-corrected chi connectivity index (χ4v) is 1.75. The highest BCUT2D eigenvalue weighted by Crippen LogP contribution is 2.23. The van der Waals surface area contributed by atoms with Gasteiger partial charge in [0.2, 0.25) is 0 Å². The highest BCUT2D eigenvalue weighted by Gasteiger charge is 2.11. The molecular weight excluding hydrogens is 233 g/mol. The molecule has 1 aromatic carbocycles. The summed E-state index contributed by atoms with van der Waals surface area (Å²) in [6.45, 7) is 0. The lowest BCUT2D eigenvalue weighted by Gasteiger charge is -2.12. The van der Waals surface area contributed by atoms with Crippen molar-refractivity contribution in [2.45, 2.75) is 12.5 Å². The highest BCUT2D eigenvalue weighted by atomic mass is 19.1. The van der Waals surface area contributed by atoms with E-state index < -0.39 is 11.9 Å². The van der Waals surface area contributed by atoms with E-state index in [1.807, 2.05) is 12.1 Å². The van der Waals surface area contributed by atoms with E-state index in [0.29, 0.717) is 12.0 Å². The second-order valence-corrected chi connectivity index (χ2v) is 3.97. The van der Waals surface area contributed by atoms with Crippen LogP contribution in [-0.2, 0) is 6.42 Å². The van der Waals surface area contributed by atoms with Crippen LogP contribution in [0, 0.1) is 5.82 Å². The van der Waals surface area contributed by atoms with Crippen LogP contribution in [0.3, 0.4) is 0 Å². The summed E-state index contributed by atoms with van der Waals surface area (Å²) in [5.74, 6) is -0.293. The molecule has 0 saturated carbocycles. The fraction of sp³-hybridized carbons (Fsp3) is 0.214. The number of pyridine rings is 1. The lowest BCUT2D eigenvalue weighted by atomic mass is 10.0. The predicted molar refractivity (Wildman–Crippen MR) is 65.9 cm³/mol. The van der Waals surface area contributed by atoms with Crippen LogP contribution < -0.4 is 4.74 Å². The number of hydrogen-bond acceptors (Lipinski definition) is 3. The average Bonchev–Trinajstić information content (AvgIpc) is 2.39. The van der Waals surface area contributed by atoms with Gasteiger partial charge in [0.25, 0.3) is 0 Å². The van der Waals surface area contributed by atoms with Gasteiger partial charge in [-0.25, -0.2) is 4.39 Å². The molecule has 0 amide bonds. The minimum Gasteiger partial charge on any atom is -0.494 e. The zero-order chi connectivity index (χ0) is 13.0. The number of rotatable bonds is 4. The largest absolute Gasteiger partial charge is 0.494 e. The molecular formula is C14H14FNO2. The van der Waals surface area contributed by atoms with Gasteiger partial charge in [-0.1, -0.05) is 6.07 Å². The molecule has 2 aromatic rings. The Balaban J connectivity index is 2.14. The number of ether oxygens (including phenoxy) is 1. The van der Waals surface area contributed by atoms with Gasteiger partial charge in [0.05, 0.1) is 13.2 Å². The molecule has 0 saturated heterocycles. The number of benzene rings is 1. The molecule has 1 unspecified atom stereocenters. The second-order valence-electron chi connectivity index (χ2n) is 3.97. The van der Waals surface area contributed by atoms with Crippen molar-refractivity contribution in [1.82, 2.24) is 4.98 Å². The van der Waals surface area contributed by atoms with Crippen molar-refractivity contribution in [3.05, 3.63) is 59.7 Å². The van der Waals surface area contributed by atoms with Gasteiger partial charge in [-0.2, -0.15) is 0 Å². The summed E-state index contributed by atoms with van der Waals surface area (Å²) in [6.07, 6.45) is 3.01. The Hall–Kier alpha value is -1.94. The molecule has 0 fully saturated rings. The lowest BCUT2D eigenvalue weighted by Crippen LogP contribution is -2.03. The molecule has 3 nitrogen and oxygen atoms in total. The van der Waals surface area contributed by atoms with Crippen molar-refractivity contribution in [2.75, 3.05) is 7.11 Å². The van der Waals surface area contributed by atoms with Crippen molar-refractivity contribution >= 4 is 0 Å². The molecule has 18 heavy (non-hydrogen) atoms. The van der Waals surface area contributed by atoms with Crippen LogP contribution >= 0.6 is 0 Å². The van der Waals surface area contributed by atoms with E-state index in [1.165, 1.54) is 19.2 Å². The Kier molecular flexibility index (Phi) is 3.89. The minimum absolute atomic E-state index is 0.176. The van der Waals surface area contributed by atoms with Gasteiger partial charge in [-0.15, -0.1) is 0 Å². The smallest absolute Gasteiger partial charge is 0.165 e. The zero-order valence-electron chi connectivity index (χ0n) is 10.0. The first kappa shape index (κ1) is 12.5.